The average molecular weight is 422 g/mol. The molecule has 2 N–H and O–H groups in total. The highest BCUT2D eigenvalue weighted by Gasteiger charge is 2.17. The normalized spacial score (nSPS) is 12.1. The number of aromatic nitrogens is 4. The second-order valence-electron chi connectivity index (χ2n) is 8.08. The van der Waals surface area contributed by atoms with E-state index in [0.29, 0.717) is 11.6 Å². The van der Waals surface area contributed by atoms with Crippen LogP contribution in [0, 0.1) is 0 Å². The van der Waals surface area contributed by atoms with Crippen molar-refractivity contribution < 1.29 is 14.3 Å². The van der Waals surface area contributed by atoms with Gasteiger partial charge < -0.3 is 4.74 Å². The first-order valence-electron chi connectivity index (χ1n) is 9.91. The first-order valence-corrected chi connectivity index (χ1v) is 9.91. The number of hydrazine groups is 1. The van der Waals surface area contributed by atoms with Gasteiger partial charge in [-0.05, 0) is 35.2 Å². The van der Waals surface area contributed by atoms with Crippen LogP contribution in [0.3, 0.4) is 0 Å². The van der Waals surface area contributed by atoms with Crippen molar-refractivity contribution in [3.63, 3.8) is 0 Å². The maximum atomic E-state index is 12.2. The molecule has 0 aliphatic heterocycles. The van der Waals surface area contributed by atoms with Crippen LogP contribution in [0.2, 0.25) is 0 Å². The van der Waals surface area contributed by atoms with Crippen LogP contribution in [-0.4, -0.2) is 38.1 Å². The summed E-state index contributed by atoms with van der Waals surface area (Å²) in [6, 6.07) is 16.9. The van der Waals surface area contributed by atoms with Crippen molar-refractivity contribution in [1.82, 2.24) is 31.1 Å². The Balaban J connectivity index is 1.46. The van der Waals surface area contributed by atoms with Gasteiger partial charge in [0, 0.05) is 5.56 Å². The molecule has 1 aromatic heterocycles. The fourth-order valence-electron chi connectivity index (χ4n) is 2.71. The standard InChI is InChI=1S/C22H26N6O3/c1-15(31-18-12-10-17(11-13-18)22(2,3)4)21(30)25-23-19(29)14-28-26-20(24-27-28)16-8-6-5-7-9-16/h5-13,15H,14H2,1-4H3,(H,23,29)(H,25,30)/t15-/m1/s1. The summed E-state index contributed by atoms with van der Waals surface area (Å²) in [7, 11) is 0. The summed E-state index contributed by atoms with van der Waals surface area (Å²) in [6.45, 7) is 7.78. The zero-order valence-electron chi connectivity index (χ0n) is 18.0. The van der Waals surface area contributed by atoms with Gasteiger partial charge >= 0.3 is 0 Å². The van der Waals surface area contributed by atoms with Gasteiger partial charge in [-0.2, -0.15) is 4.80 Å². The molecule has 3 rings (SSSR count). The predicted molar refractivity (Wildman–Crippen MR) is 115 cm³/mol. The predicted octanol–water partition coefficient (Wildman–Crippen LogP) is 2.25. The van der Waals surface area contributed by atoms with Crippen molar-refractivity contribution in [3.8, 4) is 17.1 Å². The van der Waals surface area contributed by atoms with Gasteiger partial charge in [-0.15, -0.1) is 10.2 Å². The zero-order chi connectivity index (χ0) is 22.4. The molecule has 0 aliphatic rings. The second-order valence-corrected chi connectivity index (χ2v) is 8.08. The highest BCUT2D eigenvalue weighted by atomic mass is 16.5. The topological polar surface area (TPSA) is 111 Å². The Labute approximate surface area is 180 Å². The SMILES string of the molecule is C[C@@H](Oc1ccc(C(C)(C)C)cc1)C(=O)NNC(=O)Cn1nnc(-c2ccccc2)n1. The molecule has 2 amide bonds. The van der Waals surface area contributed by atoms with Crippen molar-refractivity contribution >= 4 is 11.8 Å². The van der Waals surface area contributed by atoms with E-state index in [1.54, 1.807) is 6.92 Å². The van der Waals surface area contributed by atoms with Gasteiger partial charge in [-0.25, -0.2) is 0 Å². The van der Waals surface area contributed by atoms with E-state index in [4.69, 9.17) is 4.74 Å². The first kappa shape index (κ1) is 21.9. The van der Waals surface area contributed by atoms with Crippen molar-refractivity contribution in [2.45, 2.75) is 45.8 Å². The molecule has 9 heteroatoms. The van der Waals surface area contributed by atoms with Crippen molar-refractivity contribution in [2.75, 3.05) is 0 Å². The number of hydrogen-bond acceptors (Lipinski definition) is 6. The number of nitrogens with zero attached hydrogens (tertiary/aromatic N) is 4. The van der Waals surface area contributed by atoms with E-state index in [1.807, 2.05) is 54.6 Å². The second kappa shape index (κ2) is 9.38. The lowest BCUT2D eigenvalue weighted by molar-refractivity contribution is -0.133. The lowest BCUT2D eigenvalue weighted by atomic mass is 9.87. The monoisotopic (exact) mass is 422 g/mol. The molecular formula is C22H26N6O3. The van der Waals surface area contributed by atoms with Gasteiger partial charge in [0.15, 0.2) is 6.10 Å². The van der Waals surface area contributed by atoms with E-state index in [1.165, 1.54) is 5.56 Å². The summed E-state index contributed by atoms with van der Waals surface area (Å²) in [5.74, 6) is 0.0102. The Morgan fingerprint density at radius 3 is 2.35 bits per heavy atom. The molecule has 0 saturated carbocycles. The van der Waals surface area contributed by atoms with Crippen LogP contribution in [0.15, 0.2) is 54.6 Å². The summed E-state index contributed by atoms with van der Waals surface area (Å²) in [5.41, 5.74) is 6.67. The average Bonchev–Trinajstić information content (AvgIpc) is 3.20. The van der Waals surface area contributed by atoms with E-state index in [9.17, 15) is 9.59 Å². The van der Waals surface area contributed by atoms with Crippen LogP contribution in [-0.2, 0) is 21.5 Å². The number of carbonyl (C=O) groups excluding carboxylic acids is 2. The molecule has 0 fully saturated rings. The summed E-state index contributed by atoms with van der Waals surface area (Å²) in [6.07, 6.45) is -0.796. The minimum Gasteiger partial charge on any atom is -0.481 e. The molecule has 0 aliphatic carbocycles. The number of carbonyl (C=O) groups is 2. The maximum absolute atomic E-state index is 12.2. The van der Waals surface area contributed by atoms with Gasteiger partial charge in [-0.1, -0.05) is 63.2 Å². The van der Waals surface area contributed by atoms with Crippen LogP contribution < -0.4 is 15.6 Å². The van der Waals surface area contributed by atoms with Crippen molar-refractivity contribution in [2.24, 2.45) is 0 Å². The summed E-state index contributed by atoms with van der Waals surface area (Å²) >= 11 is 0. The molecule has 0 saturated heterocycles. The molecule has 31 heavy (non-hydrogen) atoms. The zero-order valence-corrected chi connectivity index (χ0v) is 18.0. The third kappa shape index (κ3) is 6.11. The molecule has 1 heterocycles. The van der Waals surface area contributed by atoms with E-state index in [0.717, 1.165) is 10.4 Å². The van der Waals surface area contributed by atoms with Gasteiger partial charge in [0.2, 0.25) is 5.82 Å². The summed E-state index contributed by atoms with van der Waals surface area (Å²) < 4.78 is 5.64. The third-order valence-corrected chi connectivity index (χ3v) is 4.50. The number of nitrogens with one attached hydrogen (secondary N) is 2. The number of hydrogen-bond donors (Lipinski definition) is 2. The Bertz CT molecular complexity index is 1030. The molecule has 3 aromatic rings. The summed E-state index contributed by atoms with van der Waals surface area (Å²) in [5, 5.41) is 11.9. The van der Waals surface area contributed by atoms with Gasteiger partial charge in [-0.3, -0.25) is 20.4 Å². The highest BCUT2D eigenvalue weighted by molar-refractivity contribution is 5.84. The van der Waals surface area contributed by atoms with E-state index < -0.39 is 17.9 Å². The van der Waals surface area contributed by atoms with E-state index in [2.05, 4.69) is 47.0 Å². The fourth-order valence-corrected chi connectivity index (χ4v) is 2.71. The van der Waals surface area contributed by atoms with E-state index in [-0.39, 0.29) is 12.0 Å². The lowest BCUT2D eigenvalue weighted by Gasteiger charge is -2.20. The van der Waals surface area contributed by atoms with Gasteiger partial charge in [0.25, 0.3) is 11.8 Å². The highest BCUT2D eigenvalue weighted by Crippen LogP contribution is 2.24. The largest absolute Gasteiger partial charge is 0.481 e. The Morgan fingerprint density at radius 1 is 1.03 bits per heavy atom. The minimum absolute atomic E-state index is 0.0343. The van der Waals surface area contributed by atoms with Crippen molar-refractivity contribution in [3.05, 3.63) is 60.2 Å². The molecule has 0 spiro atoms. The summed E-state index contributed by atoms with van der Waals surface area (Å²) in [4.78, 5) is 25.5. The molecular weight excluding hydrogens is 396 g/mol. The Morgan fingerprint density at radius 2 is 1.71 bits per heavy atom. The van der Waals surface area contributed by atoms with Gasteiger partial charge in [0.05, 0.1) is 0 Å². The minimum atomic E-state index is -0.796. The molecule has 9 nitrogen and oxygen atoms in total. The number of ether oxygens (including phenoxy) is 1. The Hall–Kier alpha value is -3.75. The van der Waals surface area contributed by atoms with Gasteiger partial charge in [0.1, 0.15) is 12.3 Å². The number of amides is 2. The van der Waals surface area contributed by atoms with Crippen LogP contribution in [0.4, 0.5) is 0 Å². The quantitative estimate of drug-likeness (QED) is 0.590. The van der Waals surface area contributed by atoms with Crippen LogP contribution in [0.1, 0.15) is 33.3 Å². The molecule has 0 radical (unpaired) electrons. The fraction of sp³-hybridized carbons (Fsp3) is 0.318. The maximum Gasteiger partial charge on any atom is 0.279 e. The van der Waals surface area contributed by atoms with Crippen LogP contribution in [0.25, 0.3) is 11.4 Å². The molecule has 162 valence electrons. The number of rotatable bonds is 6. The molecule has 1 atom stereocenters. The number of tetrazole rings is 1. The van der Waals surface area contributed by atoms with Crippen LogP contribution >= 0.6 is 0 Å². The third-order valence-electron chi connectivity index (χ3n) is 4.50. The molecule has 0 bridgehead atoms. The first-order chi connectivity index (χ1) is 14.7. The molecule has 0 unspecified atom stereocenters. The smallest absolute Gasteiger partial charge is 0.279 e. The van der Waals surface area contributed by atoms with Crippen LogP contribution in [0.5, 0.6) is 5.75 Å². The number of benzene rings is 2. The van der Waals surface area contributed by atoms with E-state index >= 15 is 0 Å². The Kier molecular flexibility index (Phi) is 6.64. The lowest BCUT2D eigenvalue weighted by Crippen LogP contribution is -2.48. The molecule has 2 aromatic carbocycles. The van der Waals surface area contributed by atoms with Crippen molar-refractivity contribution in [1.29, 1.82) is 0 Å².